The van der Waals surface area contributed by atoms with Crippen molar-refractivity contribution in [3.05, 3.63) is 35.2 Å². The van der Waals surface area contributed by atoms with Gasteiger partial charge in [0.05, 0.1) is 5.69 Å². The highest BCUT2D eigenvalue weighted by molar-refractivity contribution is 5.73. The first-order chi connectivity index (χ1) is 7.52. The van der Waals surface area contributed by atoms with E-state index < -0.39 is 0 Å². The van der Waals surface area contributed by atoms with Gasteiger partial charge >= 0.3 is 0 Å². The van der Waals surface area contributed by atoms with Crippen molar-refractivity contribution < 1.29 is 0 Å². The molecule has 0 radical (unpaired) electrons. The van der Waals surface area contributed by atoms with Gasteiger partial charge in [-0.3, -0.25) is 4.68 Å². The SMILES string of the molecule is C/C=C\C(=C/C)c1nn(C(C)C)c(C)c1C. The number of nitrogens with zero attached hydrogens (tertiary/aromatic N) is 2. The number of allylic oxidation sites excluding steroid dienone is 4. The van der Waals surface area contributed by atoms with Crippen molar-refractivity contribution in [2.24, 2.45) is 0 Å². The summed E-state index contributed by atoms with van der Waals surface area (Å²) in [5.41, 5.74) is 4.84. The lowest BCUT2D eigenvalue weighted by Crippen LogP contribution is -2.05. The molecule has 1 heterocycles. The molecule has 0 atom stereocenters. The zero-order valence-corrected chi connectivity index (χ0v) is 11.2. The number of hydrogen-bond donors (Lipinski definition) is 0. The largest absolute Gasteiger partial charge is 0.266 e. The minimum Gasteiger partial charge on any atom is -0.266 e. The fraction of sp³-hybridized carbons (Fsp3) is 0.500. The lowest BCUT2D eigenvalue weighted by atomic mass is 10.1. The summed E-state index contributed by atoms with van der Waals surface area (Å²) in [6, 6.07) is 0.413. The first kappa shape index (κ1) is 12.8. The molecule has 0 aromatic carbocycles. The van der Waals surface area contributed by atoms with Crippen LogP contribution in [0.1, 0.15) is 50.7 Å². The van der Waals surface area contributed by atoms with E-state index in [-0.39, 0.29) is 0 Å². The summed E-state index contributed by atoms with van der Waals surface area (Å²) in [6.07, 6.45) is 6.28. The third-order valence-electron chi connectivity index (χ3n) is 2.87. The Morgan fingerprint density at radius 2 is 1.88 bits per heavy atom. The second-order valence-corrected chi connectivity index (χ2v) is 4.34. The molecule has 0 aliphatic carbocycles. The van der Waals surface area contributed by atoms with Crippen molar-refractivity contribution in [1.82, 2.24) is 9.78 Å². The Labute approximate surface area is 98.7 Å². The van der Waals surface area contributed by atoms with E-state index >= 15 is 0 Å². The van der Waals surface area contributed by atoms with Crippen molar-refractivity contribution >= 4 is 5.57 Å². The molecule has 1 rings (SSSR count). The fourth-order valence-corrected chi connectivity index (χ4v) is 1.87. The van der Waals surface area contributed by atoms with E-state index in [0.717, 1.165) is 5.69 Å². The average molecular weight is 218 g/mol. The average Bonchev–Trinajstić information content (AvgIpc) is 2.53. The first-order valence-corrected chi connectivity index (χ1v) is 5.88. The lowest BCUT2D eigenvalue weighted by molar-refractivity contribution is 0.517. The van der Waals surface area contributed by atoms with Gasteiger partial charge in [0, 0.05) is 11.7 Å². The van der Waals surface area contributed by atoms with Gasteiger partial charge in [0.1, 0.15) is 0 Å². The monoisotopic (exact) mass is 218 g/mol. The van der Waals surface area contributed by atoms with E-state index in [0.29, 0.717) is 6.04 Å². The topological polar surface area (TPSA) is 17.8 Å². The molecule has 0 unspecified atom stereocenters. The van der Waals surface area contributed by atoms with Crippen LogP contribution >= 0.6 is 0 Å². The Bertz CT molecular complexity index is 420. The molecular formula is C14H22N2. The summed E-state index contributed by atoms with van der Waals surface area (Å²) in [6.45, 7) is 12.7. The Kier molecular flexibility index (Phi) is 4.11. The summed E-state index contributed by atoms with van der Waals surface area (Å²) < 4.78 is 2.09. The molecule has 1 aromatic heterocycles. The molecule has 0 aliphatic heterocycles. The molecule has 0 spiro atoms. The van der Waals surface area contributed by atoms with Crippen LogP contribution in [0.4, 0.5) is 0 Å². The Hall–Kier alpha value is -1.31. The smallest absolute Gasteiger partial charge is 0.0951 e. The molecule has 16 heavy (non-hydrogen) atoms. The maximum Gasteiger partial charge on any atom is 0.0951 e. The van der Waals surface area contributed by atoms with E-state index in [1.165, 1.54) is 16.8 Å². The first-order valence-electron chi connectivity index (χ1n) is 5.88. The normalized spacial score (nSPS) is 13.1. The van der Waals surface area contributed by atoms with Gasteiger partial charge in [-0.15, -0.1) is 0 Å². The molecule has 0 saturated carbocycles. The zero-order chi connectivity index (χ0) is 12.3. The Balaban J connectivity index is 3.30. The summed E-state index contributed by atoms with van der Waals surface area (Å²) in [4.78, 5) is 0. The van der Waals surface area contributed by atoms with Crippen molar-refractivity contribution in [1.29, 1.82) is 0 Å². The van der Waals surface area contributed by atoms with Gasteiger partial charge in [0.25, 0.3) is 0 Å². The molecular weight excluding hydrogens is 196 g/mol. The van der Waals surface area contributed by atoms with Gasteiger partial charge in [0.15, 0.2) is 0 Å². The minimum absolute atomic E-state index is 0.413. The van der Waals surface area contributed by atoms with E-state index in [1.807, 2.05) is 6.92 Å². The number of aromatic nitrogens is 2. The molecule has 0 N–H and O–H groups in total. The predicted octanol–water partition coefficient (Wildman–Crippen LogP) is 4.06. The lowest BCUT2D eigenvalue weighted by Gasteiger charge is -2.07. The van der Waals surface area contributed by atoms with Gasteiger partial charge in [0.2, 0.25) is 0 Å². The molecule has 0 fully saturated rings. The fourth-order valence-electron chi connectivity index (χ4n) is 1.87. The van der Waals surface area contributed by atoms with Crippen LogP contribution in [0.15, 0.2) is 18.2 Å². The third kappa shape index (κ3) is 2.26. The van der Waals surface area contributed by atoms with Crippen LogP contribution in [0.3, 0.4) is 0 Å². The second-order valence-electron chi connectivity index (χ2n) is 4.34. The second kappa shape index (κ2) is 5.15. The molecule has 1 aromatic rings. The molecule has 0 amide bonds. The molecule has 2 nitrogen and oxygen atoms in total. The third-order valence-corrected chi connectivity index (χ3v) is 2.87. The van der Waals surface area contributed by atoms with Crippen LogP contribution in [-0.4, -0.2) is 9.78 Å². The molecule has 0 saturated heterocycles. The van der Waals surface area contributed by atoms with Crippen LogP contribution in [0.2, 0.25) is 0 Å². The number of rotatable bonds is 3. The highest BCUT2D eigenvalue weighted by Gasteiger charge is 2.13. The van der Waals surface area contributed by atoms with Crippen LogP contribution in [0.5, 0.6) is 0 Å². The maximum absolute atomic E-state index is 4.70. The van der Waals surface area contributed by atoms with Crippen molar-refractivity contribution in [2.45, 2.75) is 47.6 Å². The van der Waals surface area contributed by atoms with E-state index in [9.17, 15) is 0 Å². The summed E-state index contributed by atoms with van der Waals surface area (Å²) >= 11 is 0. The Morgan fingerprint density at radius 1 is 1.25 bits per heavy atom. The highest BCUT2D eigenvalue weighted by Crippen LogP contribution is 2.23. The Morgan fingerprint density at radius 3 is 2.25 bits per heavy atom. The van der Waals surface area contributed by atoms with Crippen LogP contribution in [-0.2, 0) is 0 Å². The molecule has 0 bridgehead atoms. The summed E-state index contributed by atoms with van der Waals surface area (Å²) in [7, 11) is 0. The van der Waals surface area contributed by atoms with Crippen LogP contribution in [0, 0.1) is 13.8 Å². The maximum atomic E-state index is 4.70. The van der Waals surface area contributed by atoms with Gasteiger partial charge in [-0.2, -0.15) is 5.10 Å². The van der Waals surface area contributed by atoms with Gasteiger partial charge in [-0.05, 0) is 52.7 Å². The molecule has 2 heteroatoms. The van der Waals surface area contributed by atoms with Crippen molar-refractivity contribution in [3.63, 3.8) is 0 Å². The minimum atomic E-state index is 0.413. The quantitative estimate of drug-likeness (QED) is 0.699. The van der Waals surface area contributed by atoms with Crippen molar-refractivity contribution in [3.8, 4) is 0 Å². The zero-order valence-electron chi connectivity index (χ0n) is 11.2. The summed E-state index contributed by atoms with van der Waals surface area (Å²) in [5.74, 6) is 0. The van der Waals surface area contributed by atoms with E-state index in [2.05, 4.69) is 57.5 Å². The molecule has 88 valence electrons. The summed E-state index contributed by atoms with van der Waals surface area (Å²) in [5, 5.41) is 4.70. The number of hydrogen-bond acceptors (Lipinski definition) is 1. The standard InChI is InChI=1S/C14H22N2/c1-7-9-13(8-2)14-11(5)12(6)16(15-14)10(3)4/h7-10H,1-6H3/b9-7-,13-8+. The van der Waals surface area contributed by atoms with Crippen molar-refractivity contribution in [2.75, 3.05) is 0 Å². The van der Waals surface area contributed by atoms with Gasteiger partial charge in [-0.1, -0.05) is 18.2 Å². The molecule has 0 aliphatic rings. The predicted molar refractivity (Wildman–Crippen MR) is 70.6 cm³/mol. The van der Waals surface area contributed by atoms with Gasteiger partial charge < -0.3 is 0 Å². The highest BCUT2D eigenvalue weighted by atomic mass is 15.3. The van der Waals surface area contributed by atoms with Gasteiger partial charge in [-0.25, -0.2) is 0 Å². The van der Waals surface area contributed by atoms with Crippen LogP contribution < -0.4 is 0 Å². The van der Waals surface area contributed by atoms with E-state index in [4.69, 9.17) is 5.10 Å². The van der Waals surface area contributed by atoms with Crippen LogP contribution in [0.25, 0.3) is 5.57 Å². The van der Waals surface area contributed by atoms with E-state index in [1.54, 1.807) is 0 Å².